The smallest absolute Gasteiger partial charge is 0.135 e. The Morgan fingerprint density at radius 3 is 2.71 bits per heavy atom. The molecule has 4 aromatic rings. The van der Waals surface area contributed by atoms with Crippen LogP contribution in [0, 0.1) is 0 Å². The van der Waals surface area contributed by atoms with Gasteiger partial charge in [-0.15, -0.1) is 11.3 Å². The van der Waals surface area contributed by atoms with Crippen molar-refractivity contribution in [3.63, 3.8) is 0 Å². The van der Waals surface area contributed by atoms with Gasteiger partial charge in [0.1, 0.15) is 11.2 Å². The summed E-state index contributed by atoms with van der Waals surface area (Å²) in [5.41, 5.74) is 2.98. The van der Waals surface area contributed by atoms with Crippen LogP contribution in [-0.4, -0.2) is 0 Å². The van der Waals surface area contributed by atoms with Gasteiger partial charge in [-0.2, -0.15) is 0 Å². The first-order valence-electron chi connectivity index (χ1n) is 6.68. The van der Waals surface area contributed by atoms with Crippen molar-refractivity contribution in [1.29, 1.82) is 0 Å². The summed E-state index contributed by atoms with van der Waals surface area (Å²) in [6.45, 7) is 0.831. The van der Waals surface area contributed by atoms with Crippen molar-refractivity contribution >= 4 is 54.9 Å². The summed E-state index contributed by atoms with van der Waals surface area (Å²) in [6.07, 6.45) is 0. The van der Waals surface area contributed by atoms with Crippen LogP contribution in [0.25, 0.3) is 21.9 Å². The Balaban J connectivity index is 1.68. The summed E-state index contributed by atoms with van der Waals surface area (Å²) < 4.78 is 6.98. The van der Waals surface area contributed by atoms with E-state index < -0.39 is 0 Å². The second-order valence-electron chi connectivity index (χ2n) is 4.89. The maximum atomic E-state index is 5.84. The Kier molecular flexibility index (Phi) is 3.20. The standard InChI is InChI=1S/C17H12BrNOS/c18-11-7-13(21-10-11)9-19-12-5-6-17-15(8-12)14-3-1-2-4-16(14)20-17/h1-8,10,19H,9H2. The largest absolute Gasteiger partial charge is 0.456 e. The van der Waals surface area contributed by atoms with Crippen molar-refractivity contribution in [2.24, 2.45) is 0 Å². The number of nitrogens with one attached hydrogen (secondary N) is 1. The molecule has 0 aliphatic carbocycles. The van der Waals surface area contributed by atoms with Gasteiger partial charge in [0.05, 0.1) is 0 Å². The first kappa shape index (κ1) is 12.9. The molecule has 21 heavy (non-hydrogen) atoms. The van der Waals surface area contributed by atoms with Crippen molar-refractivity contribution < 1.29 is 4.42 Å². The Bertz CT molecular complexity index is 925. The minimum absolute atomic E-state index is 0.831. The molecule has 2 nitrogen and oxygen atoms in total. The zero-order chi connectivity index (χ0) is 14.2. The predicted octanol–water partition coefficient (Wildman–Crippen LogP) is 6.02. The minimum Gasteiger partial charge on any atom is -0.456 e. The molecule has 2 aromatic carbocycles. The van der Waals surface area contributed by atoms with E-state index in [0.717, 1.165) is 38.6 Å². The zero-order valence-electron chi connectivity index (χ0n) is 11.1. The molecule has 2 heterocycles. The van der Waals surface area contributed by atoms with Crippen LogP contribution in [0.4, 0.5) is 5.69 Å². The molecule has 0 saturated carbocycles. The molecule has 0 saturated heterocycles. The highest BCUT2D eigenvalue weighted by Crippen LogP contribution is 2.30. The minimum atomic E-state index is 0.831. The lowest BCUT2D eigenvalue weighted by Gasteiger charge is -2.04. The highest BCUT2D eigenvalue weighted by atomic mass is 79.9. The van der Waals surface area contributed by atoms with Crippen LogP contribution in [0.3, 0.4) is 0 Å². The third-order valence-corrected chi connectivity index (χ3v) is 5.16. The molecule has 0 unspecified atom stereocenters. The second-order valence-corrected chi connectivity index (χ2v) is 6.81. The third-order valence-electron chi connectivity index (χ3n) is 3.47. The number of benzene rings is 2. The second kappa shape index (κ2) is 5.20. The lowest BCUT2D eigenvalue weighted by atomic mass is 10.1. The number of thiophene rings is 1. The molecule has 0 fully saturated rings. The summed E-state index contributed by atoms with van der Waals surface area (Å²) in [4.78, 5) is 1.30. The summed E-state index contributed by atoms with van der Waals surface area (Å²) in [5.74, 6) is 0. The van der Waals surface area contributed by atoms with Crippen LogP contribution in [0.5, 0.6) is 0 Å². The van der Waals surface area contributed by atoms with Gasteiger partial charge in [-0.05, 0) is 46.3 Å². The van der Waals surface area contributed by atoms with Gasteiger partial charge in [-0.3, -0.25) is 0 Å². The number of halogens is 1. The van der Waals surface area contributed by atoms with Gasteiger partial charge in [0.2, 0.25) is 0 Å². The molecule has 0 atom stereocenters. The van der Waals surface area contributed by atoms with Gasteiger partial charge in [0.25, 0.3) is 0 Å². The number of hydrogen-bond acceptors (Lipinski definition) is 3. The summed E-state index contributed by atoms with van der Waals surface area (Å²) >= 11 is 5.23. The van der Waals surface area contributed by atoms with Crippen molar-refractivity contribution in [3.05, 3.63) is 63.3 Å². The number of para-hydroxylation sites is 1. The molecular formula is C17H12BrNOS. The Hall–Kier alpha value is -1.78. The molecule has 0 aliphatic rings. The molecule has 0 radical (unpaired) electrons. The molecule has 0 amide bonds. The first-order chi connectivity index (χ1) is 10.3. The van der Waals surface area contributed by atoms with Crippen LogP contribution in [0.1, 0.15) is 4.88 Å². The van der Waals surface area contributed by atoms with Gasteiger partial charge in [0, 0.05) is 37.7 Å². The van der Waals surface area contributed by atoms with E-state index in [-0.39, 0.29) is 0 Å². The summed E-state index contributed by atoms with van der Waals surface area (Å²) in [7, 11) is 0. The monoisotopic (exact) mass is 357 g/mol. The quantitative estimate of drug-likeness (QED) is 0.484. The Labute approximate surface area is 134 Å². The fraction of sp³-hybridized carbons (Fsp3) is 0.0588. The van der Waals surface area contributed by atoms with Crippen LogP contribution in [-0.2, 0) is 6.54 Å². The van der Waals surface area contributed by atoms with Crippen LogP contribution in [0.15, 0.2) is 62.8 Å². The number of fused-ring (bicyclic) bond motifs is 3. The van der Waals surface area contributed by atoms with E-state index in [1.54, 1.807) is 11.3 Å². The van der Waals surface area contributed by atoms with Crippen molar-refractivity contribution in [3.8, 4) is 0 Å². The van der Waals surface area contributed by atoms with Crippen molar-refractivity contribution in [1.82, 2.24) is 0 Å². The number of rotatable bonds is 3. The Morgan fingerprint density at radius 1 is 1.00 bits per heavy atom. The van der Waals surface area contributed by atoms with E-state index in [2.05, 4.69) is 50.9 Å². The fourth-order valence-corrected chi connectivity index (χ4v) is 3.86. The molecule has 104 valence electrons. The van der Waals surface area contributed by atoms with Crippen molar-refractivity contribution in [2.75, 3.05) is 5.32 Å². The highest BCUT2D eigenvalue weighted by Gasteiger charge is 2.07. The molecule has 0 aliphatic heterocycles. The van der Waals surface area contributed by atoms with Crippen LogP contribution < -0.4 is 5.32 Å². The van der Waals surface area contributed by atoms with E-state index in [9.17, 15) is 0 Å². The van der Waals surface area contributed by atoms with Crippen LogP contribution >= 0.6 is 27.3 Å². The number of anilines is 1. The van der Waals surface area contributed by atoms with Crippen molar-refractivity contribution in [2.45, 2.75) is 6.54 Å². The lowest BCUT2D eigenvalue weighted by Crippen LogP contribution is -1.96. The molecule has 2 aromatic heterocycles. The molecule has 0 bridgehead atoms. The van der Waals surface area contributed by atoms with E-state index >= 15 is 0 Å². The van der Waals surface area contributed by atoms with E-state index in [4.69, 9.17) is 4.42 Å². The summed E-state index contributed by atoms with van der Waals surface area (Å²) in [5, 5.41) is 7.89. The van der Waals surface area contributed by atoms with Gasteiger partial charge < -0.3 is 9.73 Å². The van der Waals surface area contributed by atoms with E-state index in [1.165, 1.54) is 4.88 Å². The Morgan fingerprint density at radius 2 is 1.86 bits per heavy atom. The zero-order valence-corrected chi connectivity index (χ0v) is 13.5. The van der Waals surface area contributed by atoms with Gasteiger partial charge >= 0.3 is 0 Å². The van der Waals surface area contributed by atoms with Crippen LogP contribution in [0.2, 0.25) is 0 Å². The fourth-order valence-electron chi connectivity index (χ4n) is 2.47. The maximum absolute atomic E-state index is 5.84. The topological polar surface area (TPSA) is 25.2 Å². The van der Waals surface area contributed by atoms with E-state index in [0.29, 0.717) is 0 Å². The normalized spacial score (nSPS) is 11.3. The molecular weight excluding hydrogens is 346 g/mol. The number of hydrogen-bond donors (Lipinski definition) is 1. The summed E-state index contributed by atoms with van der Waals surface area (Å²) in [6, 6.07) is 16.5. The number of furan rings is 1. The average molecular weight is 358 g/mol. The predicted molar refractivity (Wildman–Crippen MR) is 93.1 cm³/mol. The van der Waals surface area contributed by atoms with Gasteiger partial charge in [0.15, 0.2) is 0 Å². The van der Waals surface area contributed by atoms with E-state index in [1.807, 2.05) is 24.3 Å². The van der Waals surface area contributed by atoms with Gasteiger partial charge in [-0.25, -0.2) is 0 Å². The molecule has 0 spiro atoms. The molecule has 4 heteroatoms. The average Bonchev–Trinajstić information content (AvgIpc) is 3.08. The lowest BCUT2D eigenvalue weighted by molar-refractivity contribution is 0.669. The molecule has 1 N–H and O–H groups in total. The maximum Gasteiger partial charge on any atom is 0.135 e. The highest BCUT2D eigenvalue weighted by molar-refractivity contribution is 9.10. The molecule has 4 rings (SSSR count). The third kappa shape index (κ3) is 2.45. The van der Waals surface area contributed by atoms with Gasteiger partial charge in [-0.1, -0.05) is 18.2 Å². The SMILES string of the molecule is Brc1csc(CNc2ccc3oc4ccccc4c3c2)c1. The first-order valence-corrected chi connectivity index (χ1v) is 8.35.